The van der Waals surface area contributed by atoms with Crippen molar-refractivity contribution in [1.29, 1.82) is 0 Å². The number of nitrogens with zero attached hydrogens (tertiary/aromatic N) is 3. The third-order valence-corrected chi connectivity index (χ3v) is 3.42. The van der Waals surface area contributed by atoms with E-state index in [1.807, 2.05) is 0 Å². The number of benzene rings is 1. The molecule has 0 aliphatic carbocycles. The third-order valence-electron chi connectivity index (χ3n) is 3.42. The Balaban J connectivity index is 2.08. The fourth-order valence-corrected chi connectivity index (χ4v) is 2.05. The molecule has 0 saturated heterocycles. The van der Waals surface area contributed by atoms with Crippen LogP contribution in [0.25, 0.3) is 5.69 Å². The van der Waals surface area contributed by atoms with Gasteiger partial charge in [-0.1, -0.05) is 5.16 Å². The predicted molar refractivity (Wildman–Crippen MR) is 91.2 cm³/mol. The van der Waals surface area contributed by atoms with Crippen LogP contribution in [-0.4, -0.2) is 42.2 Å². The molecule has 144 valence electrons. The van der Waals surface area contributed by atoms with Crippen LogP contribution in [0.3, 0.4) is 0 Å². The van der Waals surface area contributed by atoms with Crippen LogP contribution in [0.4, 0.5) is 13.2 Å². The van der Waals surface area contributed by atoms with Gasteiger partial charge in [-0.15, -0.1) is 5.10 Å². The van der Waals surface area contributed by atoms with Crippen LogP contribution in [0.1, 0.15) is 6.92 Å². The van der Waals surface area contributed by atoms with E-state index in [1.165, 1.54) is 26.4 Å². The second-order valence-electron chi connectivity index (χ2n) is 5.22. The number of hydrogen-bond acceptors (Lipinski definition) is 5. The molecule has 2 rings (SSSR count). The number of ether oxygens (including phenoxy) is 1. The van der Waals surface area contributed by atoms with Crippen LogP contribution >= 0.6 is 0 Å². The molecule has 2 aromatic rings. The first-order chi connectivity index (χ1) is 12.9. The first-order valence-electron chi connectivity index (χ1n) is 7.71. The van der Waals surface area contributed by atoms with Gasteiger partial charge < -0.3 is 14.9 Å². The van der Waals surface area contributed by atoms with E-state index in [0.29, 0.717) is 5.57 Å². The van der Waals surface area contributed by atoms with Gasteiger partial charge in [0, 0.05) is 31.4 Å². The molecule has 1 amide bonds. The van der Waals surface area contributed by atoms with Gasteiger partial charge in [0.15, 0.2) is 23.2 Å². The molecule has 1 aromatic heterocycles. The number of halogens is 3. The van der Waals surface area contributed by atoms with Gasteiger partial charge in [0.2, 0.25) is 5.88 Å². The molecular weight excluding hydrogens is 365 g/mol. The maximum atomic E-state index is 13.3. The zero-order chi connectivity index (χ0) is 20.0. The van der Waals surface area contributed by atoms with Gasteiger partial charge >= 0.3 is 0 Å². The van der Waals surface area contributed by atoms with E-state index in [9.17, 15) is 18.0 Å². The molecule has 0 fully saturated rings. The summed E-state index contributed by atoms with van der Waals surface area (Å²) in [6, 6.07) is 3.09. The minimum atomic E-state index is -1.55. The quantitative estimate of drug-likeness (QED) is 0.453. The van der Waals surface area contributed by atoms with E-state index in [1.54, 1.807) is 13.0 Å². The van der Waals surface area contributed by atoms with Gasteiger partial charge in [0.05, 0.1) is 5.69 Å². The molecule has 0 bridgehead atoms. The van der Waals surface area contributed by atoms with Gasteiger partial charge in [-0.3, -0.25) is 4.79 Å². The molecule has 0 saturated carbocycles. The number of oxime groups is 1. The number of carbonyl (C=O) groups excluding carboxylic acids is 1. The summed E-state index contributed by atoms with van der Waals surface area (Å²) in [4.78, 5) is 16.3. The highest BCUT2D eigenvalue weighted by Gasteiger charge is 2.14. The summed E-state index contributed by atoms with van der Waals surface area (Å²) in [6.07, 6.45) is 2.99. The topological polar surface area (TPSA) is 77.7 Å². The van der Waals surface area contributed by atoms with Crippen molar-refractivity contribution in [2.75, 3.05) is 20.8 Å². The average molecular weight is 382 g/mol. The van der Waals surface area contributed by atoms with Crippen LogP contribution < -0.4 is 10.1 Å². The number of amides is 1. The van der Waals surface area contributed by atoms with Gasteiger partial charge in [-0.05, 0) is 18.6 Å². The average Bonchev–Trinajstić information content (AvgIpc) is 3.12. The highest BCUT2D eigenvalue weighted by molar-refractivity contribution is 6.44. The molecule has 10 heteroatoms. The Morgan fingerprint density at radius 1 is 1.33 bits per heavy atom. The molecule has 0 atom stereocenters. The van der Waals surface area contributed by atoms with Crippen molar-refractivity contribution in [3.05, 3.63) is 53.5 Å². The van der Waals surface area contributed by atoms with E-state index >= 15 is 0 Å². The first-order valence-corrected chi connectivity index (χ1v) is 7.71. The van der Waals surface area contributed by atoms with Crippen molar-refractivity contribution in [2.24, 2.45) is 5.16 Å². The smallest absolute Gasteiger partial charge is 0.273 e. The Morgan fingerprint density at radius 3 is 2.59 bits per heavy atom. The van der Waals surface area contributed by atoms with Crippen LogP contribution in [0.15, 0.2) is 41.2 Å². The molecule has 0 unspecified atom stereocenters. The molecule has 0 aliphatic rings. The maximum absolute atomic E-state index is 13.3. The van der Waals surface area contributed by atoms with Crippen LogP contribution in [0.2, 0.25) is 0 Å². The molecule has 1 heterocycles. The van der Waals surface area contributed by atoms with E-state index in [2.05, 4.69) is 20.4 Å². The fraction of sp³-hybridized carbons (Fsp3) is 0.235. The molecule has 1 aromatic carbocycles. The summed E-state index contributed by atoms with van der Waals surface area (Å²) in [5.74, 6) is -4.45. The van der Waals surface area contributed by atoms with Gasteiger partial charge in [-0.2, -0.15) is 0 Å². The minimum absolute atomic E-state index is 0.00195. The first kappa shape index (κ1) is 20.0. The van der Waals surface area contributed by atoms with Crippen molar-refractivity contribution in [3.63, 3.8) is 0 Å². The number of nitrogens with one attached hydrogen (secondary N) is 1. The molecular formula is C17H17F3N4O3. The van der Waals surface area contributed by atoms with Crippen molar-refractivity contribution in [2.45, 2.75) is 6.92 Å². The highest BCUT2D eigenvalue weighted by atomic mass is 19.2. The van der Waals surface area contributed by atoms with Crippen molar-refractivity contribution in [3.8, 4) is 11.6 Å². The van der Waals surface area contributed by atoms with Gasteiger partial charge in [-0.25, -0.2) is 17.9 Å². The molecule has 0 aliphatic heterocycles. The van der Waals surface area contributed by atoms with Crippen LogP contribution in [-0.2, 0) is 9.63 Å². The molecule has 0 spiro atoms. The van der Waals surface area contributed by atoms with Crippen molar-refractivity contribution < 1.29 is 27.5 Å². The van der Waals surface area contributed by atoms with E-state index in [0.717, 1.165) is 16.8 Å². The number of carbonyl (C=O) groups is 1. The largest absolute Gasteiger partial charge is 0.472 e. The lowest BCUT2D eigenvalue weighted by molar-refractivity contribution is -0.114. The molecule has 1 N–H and O–H groups in total. The lowest BCUT2D eigenvalue weighted by Gasteiger charge is -2.05. The Labute approximate surface area is 153 Å². The Hall–Kier alpha value is -3.30. The summed E-state index contributed by atoms with van der Waals surface area (Å²) in [6.45, 7) is 1.70. The Bertz CT molecular complexity index is 870. The molecule has 27 heavy (non-hydrogen) atoms. The predicted octanol–water partition coefficient (Wildman–Crippen LogP) is 2.36. The lowest BCUT2D eigenvalue weighted by Crippen LogP contribution is -2.28. The monoisotopic (exact) mass is 382 g/mol. The van der Waals surface area contributed by atoms with Crippen LogP contribution in [0.5, 0.6) is 5.88 Å². The van der Waals surface area contributed by atoms with E-state index in [4.69, 9.17) is 4.74 Å². The SMILES string of the molecule is CNC(=O)C(=N/OC)/C(C)=C\COc1ccn(-c2cc(F)c(F)c(F)c2)n1. The number of hydrogen-bond donors (Lipinski definition) is 1. The second kappa shape index (κ2) is 8.88. The minimum Gasteiger partial charge on any atom is -0.472 e. The lowest BCUT2D eigenvalue weighted by atomic mass is 10.1. The van der Waals surface area contributed by atoms with E-state index < -0.39 is 23.4 Å². The standard InChI is InChI=1S/C17H17F3N4O3/c1-10(16(23-26-3)17(25)21-2)5-7-27-14-4-6-24(22-14)11-8-12(18)15(20)13(19)9-11/h4-6,8-9H,7H2,1-3H3,(H,21,25)/b10-5-,23-16+. The fourth-order valence-electron chi connectivity index (χ4n) is 2.05. The normalized spacial score (nSPS) is 12.1. The highest BCUT2D eigenvalue weighted by Crippen LogP contribution is 2.18. The summed E-state index contributed by atoms with van der Waals surface area (Å²) in [7, 11) is 2.78. The summed E-state index contributed by atoms with van der Waals surface area (Å²) in [5.41, 5.74) is 0.604. The molecule has 7 nitrogen and oxygen atoms in total. The maximum Gasteiger partial charge on any atom is 0.273 e. The van der Waals surface area contributed by atoms with Gasteiger partial charge in [0.1, 0.15) is 13.7 Å². The third kappa shape index (κ3) is 4.87. The number of rotatable bonds is 7. The number of aromatic nitrogens is 2. The van der Waals surface area contributed by atoms with Crippen LogP contribution in [0, 0.1) is 17.5 Å². The second-order valence-corrected chi connectivity index (χ2v) is 5.22. The summed E-state index contributed by atoms with van der Waals surface area (Å²) in [5, 5.41) is 10.1. The summed E-state index contributed by atoms with van der Waals surface area (Å²) >= 11 is 0. The Morgan fingerprint density at radius 2 is 2.00 bits per heavy atom. The van der Waals surface area contributed by atoms with E-state index in [-0.39, 0.29) is 23.9 Å². The zero-order valence-corrected chi connectivity index (χ0v) is 14.8. The zero-order valence-electron chi connectivity index (χ0n) is 14.8. The Kier molecular flexibility index (Phi) is 6.58. The molecule has 0 radical (unpaired) electrons. The summed E-state index contributed by atoms with van der Waals surface area (Å²) < 4.78 is 46.2. The van der Waals surface area contributed by atoms with Gasteiger partial charge in [0.25, 0.3) is 5.91 Å². The van der Waals surface area contributed by atoms with Crippen molar-refractivity contribution in [1.82, 2.24) is 15.1 Å². The van der Waals surface area contributed by atoms with Crippen molar-refractivity contribution >= 4 is 11.6 Å².